The number of hydrogen-bond acceptors (Lipinski definition) is 2. The summed E-state index contributed by atoms with van der Waals surface area (Å²) in [6.45, 7) is 4.69. The topological polar surface area (TPSA) is 58.4 Å². The second-order valence-electron chi connectivity index (χ2n) is 4.89. The van der Waals surface area contributed by atoms with E-state index < -0.39 is 0 Å². The van der Waals surface area contributed by atoms with Crippen molar-refractivity contribution in [2.24, 2.45) is 5.73 Å². The van der Waals surface area contributed by atoms with Gasteiger partial charge in [-0.05, 0) is 31.0 Å². The number of nitrogens with two attached hydrogens (primary N) is 1. The number of amides is 2. The average Bonchev–Trinajstić information content (AvgIpc) is 2.63. The number of nitrogens with zero attached hydrogens (tertiary/aromatic N) is 1. The van der Waals surface area contributed by atoms with Gasteiger partial charge in [-0.1, -0.05) is 12.1 Å². The molecule has 0 bridgehead atoms. The number of aryl methyl sites for hydroxylation is 1. The van der Waals surface area contributed by atoms with Gasteiger partial charge in [-0.15, -0.1) is 0 Å². The number of carbonyl (C=O) groups excluding carboxylic acids is 1. The molecule has 2 amide bonds. The first kappa shape index (κ1) is 12.8. The fourth-order valence-corrected chi connectivity index (χ4v) is 2.17. The highest BCUT2D eigenvalue weighted by molar-refractivity contribution is 5.77. The quantitative estimate of drug-likeness (QED) is 0.856. The molecule has 0 radical (unpaired) electrons. The molecule has 0 saturated carbocycles. The molecule has 2 atom stereocenters. The second-order valence-corrected chi connectivity index (χ2v) is 4.89. The molecule has 3 N–H and O–H groups in total. The molecular formula is C13H18FN3O. The summed E-state index contributed by atoms with van der Waals surface area (Å²) in [6.07, 6.45) is 0. The van der Waals surface area contributed by atoms with Crippen LogP contribution < -0.4 is 11.1 Å². The van der Waals surface area contributed by atoms with Gasteiger partial charge in [0.1, 0.15) is 5.82 Å². The highest BCUT2D eigenvalue weighted by atomic mass is 19.1. The molecule has 1 aliphatic heterocycles. The van der Waals surface area contributed by atoms with E-state index in [9.17, 15) is 9.18 Å². The summed E-state index contributed by atoms with van der Waals surface area (Å²) >= 11 is 0. The van der Waals surface area contributed by atoms with Gasteiger partial charge >= 0.3 is 6.03 Å². The van der Waals surface area contributed by atoms with Crippen LogP contribution in [-0.2, 0) is 0 Å². The van der Waals surface area contributed by atoms with Crippen LogP contribution in [0.5, 0.6) is 0 Å². The van der Waals surface area contributed by atoms with E-state index in [-0.39, 0.29) is 23.9 Å². The van der Waals surface area contributed by atoms with E-state index in [2.05, 4.69) is 5.32 Å². The Morgan fingerprint density at radius 2 is 2.33 bits per heavy atom. The molecule has 0 aliphatic carbocycles. The van der Waals surface area contributed by atoms with Crippen LogP contribution in [0, 0.1) is 12.7 Å². The predicted molar refractivity (Wildman–Crippen MR) is 67.6 cm³/mol. The summed E-state index contributed by atoms with van der Waals surface area (Å²) in [6, 6.07) is 4.67. The van der Waals surface area contributed by atoms with Gasteiger partial charge in [-0.2, -0.15) is 0 Å². The van der Waals surface area contributed by atoms with E-state index in [0.29, 0.717) is 18.7 Å². The molecule has 1 aromatic rings. The molecule has 1 aliphatic rings. The summed E-state index contributed by atoms with van der Waals surface area (Å²) in [5.74, 6) is -0.226. The van der Waals surface area contributed by atoms with Gasteiger partial charge in [-0.3, -0.25) is 0 Å². The molecule has 0 spiro atoms. The van der Waals surface area contributed by atoms with Crippen molar-refractivity contribution in [3.8, 4) is 0 Å². The second kappa shape index (κ2) is 4.94. The molecule has 1 aromatic carbocycles. The van der Waals surface area contributed by atoms with E-state index in [1.54, 1.807) is 24.0 Å². The molecule has 1 saturated heterocycles. The van der Waals surface area contributed by atoms with Crippen LogP contribution in [0.1, 0.15) is 24.1 Å². The number of hydrogen-bond donors (Lipinski definition) is 2. The maximum absolute atomic E-state index is 13.2. The van der Waals surface area contributed by atoms with Crippen LogP contribution in [0.4, 0.5) is 9.18 Å². The maximum Gasteiger partial charge on any atom is 0.318 e. The highest BCUT2D eigenvalue weighted by Crippen LogP contribution is 2.22. The lowest BCUT2D eigenvalue weighted by molar-refractivity contribution is 0.215. The van der Waals surface area contributed by atoms with Crippen LogP contribution in [0.25, 0.3) is 0 Å². The molecule has 2 rings (SSSR count). The first-order valence-electron chi connectivity index (χ1n) is 6.04. The van der Waals surface area contributed by atoms with Gasteiger partial charge in [0.15, 0.2) is 0 Å². The standard InChI is InChI=1S/C13H18FN3O/c1-8-5-10(3-4-11(8)14)12-7-17(6-9(2)15)13(18)16-12/h3-5,9,12H,6-7,15H2,1-2H3,(H,16,18). The van der Waals surface area contributed by atoms with Gasteiger partial charge in [0.25, 0.3) is 0 Å². The normalized spacial score (nSPS) is 21.0. The summed E-state index contributed by atoms with van der Waals surface area (Å²) in [7, 11) is 0. The van der Waals surface area contributed by atoms with Crippen molar-refractivity contribution < 1.29 is 9.18 Å². The van der Waals surface area contributed by atoms with Gasteiger partial charge < -0.3 is 16.0 Å². The SMILES string of the molecule is Cc1cc(C2CN(CC(C)N)C(=O)N2)ccc1F. The minimum absolute atomic E-state index is 0.0514. The molecular weight excluding hydrogens is 233 g/mol. The molecule has 0 aromatic heterocycles. The van der Waals surface area contributed by atoms with Gasteiger partial charge in [0, 0.05) is 19.1 Å². The predicted octanol–water partition coefficient (Wildman–Crippen LogP) is 1.55. The van der Waals surface area contributed by atoms with Crippen molar-refractivity contribution >= 4 is 6.03 Å². The Morgan fingerprint density at radius 1 is 1.61 bits per heavy atom. The lowest BCUT2D eigenvalue weighted by atomic mass is 10.0. The van der Waals surface area contributed by atoms with Crippen LogP contribution in [0.3, 0.4) is 0 Å². The Hall–Kier alpha value is -1.62. The smallest absolute Gasteiger partial charge is 0.318 e. The van der Waals surface area contributed by atoms with E-state index >= 15 is 0 Å². The van der Waals surface area contributed by atoms with Crippen molar-refractivity contribution in [2.75, 3.05) is 13.1 Å². The number of urea groups is 1. The van der Waals surface area contributed by atoms with Crippen LogP contribution in [0.2, 0.25) is 0 Å². The summed E-state index contributed by atoms with van der Waals surface area (Å²) in [4.78, 5) is 13.4. The van der Waals surface area contributed by atoms with E-state index in [1.165, 1.54) is 6.07 Å². The number of rotatable bonds is 3. The molecule has 1 fully saturated rings. The van der Waals surface area contributed by atoms with E-state index in [4.69, 9.17) is 5.73 Å². The van der Waals surface area contributed by atoms with Crippen molar-refractivity contribution in [2.45, 2.75) is 25.9 Å². The minimum atomic E-state index is -0.226. The van der Waals surface area contributed by atoms with E-state index in [1.807, 2.05) is 6.92 Å². The van der Waals surface area contributed by atoms with Crippen molar-refractivity contribution in [3.63, 3.8) is 0 Å². The average molecular weight is 251 g/mol. The molecule has 98 valence electrons. The molecule has 1 heterocycles. The highest BCUT2D eigenvalue weighted by Gasteiger charge is 2.30. The third-order valence-electron chi connectivity index (χ3n) is 3.08. The van der Waals surface area contributed by atoms with Gasteiger partial charge in [0.2, 0.25) is 0 Å². The molecule has 4 nitrogen and oxygen atoms in total. The van der Waals surface area contributed by atoms with Crippen LogP contribution in [0.15, 0.2) is 18.2 Å². The van der Waals surface area contributed by atoms with Crippen molar-refractivity contribution in [1.29, 1.82) is 0 Å². The lowest BCUT2D eigenvalue weighted by Gasteiger charge is -2.17. The molecule has 18 heavy (non-hydrogen) atoms. The fraction of sp³-hybridized carbons (Fsp3) is 0.462. The first-order chi connectivity index (χ1) is 8.47. The zero-order valence-corrected chi connectivity index (χ0v) is 10.6. The Bertz CT molecular complexity index is 462. The maximum atomic E-state index is 13.2. The third-order valence-corrected chi connectivity index (χ3v) is 3.08. The number of halogens is 1. The number of benzene rings is 1. The molecule has 5 heteroatoms. The van der Waals surface area contributed by atoms with Gasteiger partial charge in [-0.25, -0.2) is 9.18 Å². The number of nitrogens with one attached hydrogen (secondary N) is 1. The van der Waals surface area contributed by atoms with E-state index in [0.717, 1.165) is 5.56 Å². The van der Waals surface area contributed by atoms with Crippen molar-refractivity contribution in [1.82, 2.24) is 10.2 Å². The largest absolute Gasteiger partial charge is 0.329 e. The molecule has 2 unspecified atom stereocenters. The van der Waals surface area contributed by atoms with Crippen molar-refractivity contribution in [3.05, 3.63) is 35.1 Å². The Kier molecular flexibility index (Phi) is 3.52. The number of carbonyl (C=O) groups is 1. The lowest BCUT2D eigenvalue weighted by Crippen LogP contribution is -2.37. The Balaban J connectivity index is 2.11. The summed E-state index contributed by atoms with van der Waals surface area (Å²) in [5, 5.41) is 2.88. The van der Waals surface area contributed by atoms with Gasteiger partial charge in [0.05, 0.1) is 6.04 Å². The zero-order chi connectivity index (χ0) is 13.3. The fourth-order valence-electron chi connectivity index (χ4n) is 2.17. The summed E-state index contributed by atoms with van der Waals surface area (Å²) < 4.78 is 13.2. The Morgan fingerprint density at radius 3 is 2.94 bits per heavy atom. The third kappa shape index (κ3) is 2.61. The monoisotopic (exact) mass is 251 g/mol. The van der Waals surface area contributed by atoms with Crippen LogP contribution in [-0.4, -0.2) is 30.1 Å². The van der Waals surface area contributed by atoms with Crippen LogP contribution >= 0.6 is 0 Å². The summed E-state index contributed by atoms with van der Waals surface area (Å²) in [5.41, 5.74) is 7.21. The minimum Gasteiger partial charge on any atom is -0.329 e. The Labute approximate surface area is 106 Å². The first-order valence-corrected chi connectivity index (χ1v) is 6.04. The zero-order valence-electron chi connectivity index (χ0n) is 10.6.